The van der Waals surface area contributed by atoms with E-state index in [0.717, 1.165) is 12.8 Å². The Balaban J connectivity index is 2.67. The third kappa shape index (κ3) is 4.82. The van der Waals surface area contributed by atoms with Crippen LogP contribution in [0.25, 0.3) is 0 Å². The van der Waals surface area contributed by atoms with Gasteiger partial charge >= 0.3 is 0 Å². The fourth-order valence-corrected chi connectivity index (χ4v) is 1.71. The smallest absolute Gasteiger partial charge is 0.273 e. The average molecular weight is 266 g/mol. The van der Waals surface area contributed by atoms with Crippen molar-refractivity contribution in [3.05, 3.63) is 17.8 Å². The van der Waals surface area contributed by atoms with E-state index in [1.807, 2.05) is 0 Å². The van der Waals surface area contributed by atoms with E-state index < -0.39 is 0 Å². The first-order chi connectivity index (χ1) is 9.08. The zero-order valence-corrected chi connectivity index (χ0v) is 12.0. The van der Waals surface area contributed by atoms with E-state index in [0.29, 0.717) is 18.1 Å². The molecule has 1 aromatic heterocycles. The molecule has 1 heterocycles. The van der Waals surface area contributed by atoms with Crippen molar-refractivity contribution in [3.63, 3.8) is 0 Å². The molecule has 0 aromatic carbocycles. The molecule has 0 aliphatic heterocycles. The fraction of sp³-hybridized carbons (Fsp3) is 0.615. The SMILES string of the molecule is CCCC(COC)Nc1ccc(C(=O)N(C)C)nn1. The number of nitrogens with zero attached hydrogens (tertiary/aromatic N) is 3. The monoisotopic (exact) mass is 266 g/mol. The first-order valence-corrected chi connectivity index (χ1v) is 6.39. The molecule has 0 fully saturated rings. The number of aromatic nitrogens is 2. The van der Waals surface area contributed by atoms with E-state index in [1.54, 1.807) is 33.3 Å². The number of hydrogen-bond donors (Lipinski definition) is 1. The van der Waals surface area contributed by atoms with Crippen LogP contribution in [-0.2, 0) is 4.74 Å². The van der Waals surface area contributed by atoms with E-state index >= 15 is 0 Å². The highest BCUT2D eigenvalue weighted by atomic mass is 16.5. The lowest BCUT2D eigenvalue weighted by Gasteiger charge is -2.17. The summed E-state index contributed by atoms with van der Waals surface area (Å²) in [4.78, 5) is 13.1. The van der Waals surface area contributed by atoms with E-state index in [4.69, 9.17) is 4.74 Å². The molecule has 1 aromatic rings. The first kappa shape index (κ1) is 15.4. The highest BCUT2D eigenvalue weighted by molar-refractivity contribution is 5.91. The molecule has 1 atom stereocenters. The minimum absolute atomic E-state index is 0.152. The Morgan fingerprint density at radius 2 is 2.16 bits per heavy atom. The molecule has 0 spiro atoms. The lowest BCUT2D eigenvalue weighted by molar-refractivity contribution is 0.0821. The summed E-state index contributed by atoms with van der Waals surface area (Å²) in [6.45, 7) is 2.74. The Morgan fingerprint density at radius 3 is 2.63 bits per heavy atom. The second kappa shape index (κ2) is 7.68. The van der Waals surface area contributed by atoms with E-state index in [-0.39, 0.29) is 11.9 Å². The minimum Gasteiger partial charge on any atom is -0.383 e. The highest BCUT2D eigenvalue weighted by Crippen LogP contribution is 2.08. The van der Waals surface area contributed by atoms with Crippen LogP contribution in [0.3, 0.4) is 0 Å². The van der Waals surface area contributed by atoms with Gasteiger partial charge in [-0.15, -0.1) is 10.2 Å². The molecule has 1 N–H and O–H groups in total. The number of methoxy groups -OCH3 is 1. The molecule has 0 aliphatic rings. The van der Waals surface area contributed by atoms with Gasteiger partial charge in [0.1, 0.15) is 5.82 Å². The van der Waals surface area contributed by atoms with Crippen LogP contribution >= 0.6 is 0 Å². The zero-order valence-electron chi connectivity index (χ0n) is 12.0. The molecular weight excluding hydrogens is 244 g/mol. The van der Waals surface area contributed by atoms with Gasteiger partial charge in [0.2, 0.25) is 0 Å². The first-order valence-electron chi connectivity index (χ1n) is 6.39. The summed E-state index contributed by atoms with van der Waals surface area (Å²) in [5.74, 6) is 0.506. The maximum Gasteiger partial charge on any atom is 0.273 e. The van der Waals surface area contributed by atoms with Crippen LogP contribution in [0.5, 0.6) is 0 Å². The van der Waals surface area contributed by atoms with Crippen molar-refractivity contribution in [2.24, 2.45) is 0 Å². The van der Waals surface area contributed by atoms with Crippen molar-refractivity contribution < 1.29 is 9.53 Å². The maximum atomic E-state index is 11.7. The molecule has 6 nitrogen and oxygen atoms in total. The average Bonchev–Trinajstić information content (AvgIpc) is 2.39. The maximum absolute atomic E-state index is 11.7. The second-order valence-corrected chi connectivity index (χ2v) is 4.59. The Labute approximate surface area is 114 Å². The van der Waals surface area contributed by atoms with Crippen LogP contribution < -0.4 is 5.32 Å². The zero-order chi connectivity index (χ0) is 14.3. The van der Waals surface area contributed by atoms with Crippen LogP contribution in [0.2, 0.25) is 0 Å². The largest absolute Gasteiger partial charge is 0.383 e. The number of ether oxygens (including phenoxy) is 1. The van der Waals surface area contributed by atoms with Crippen LogP contribution in [0.1, 0.15) is 30.3 Å². The Kier molecular flexibility index (Phi) is 6.21. The predicted octanol–water partition coefficient (Wildman–Crippen LogP) is 1.41. The Bertz CT molecular complexity index is 386. The third-order valence-electron chi connectivity index (χ3n) is 2.65. The molecule has 6 heteroatoms. The molecule has 0 bridgehead atoms. The van der Waals surface area contributed by atoms with Gasteiger partial charge in [-0.3, -0.25) is 4.79 Å². The summed E-state index contributed by atoms with van der Waals surface area (Å²) in [7, 11) is 5.05. The number of carbonyl (C=O) groups is 1. The minimum atomic E-state index is -0.152. The molecule has 1 unspecified atom stereocenters. The molecule has 0 radical (unpaired) electrons. The second-order valence-electron chi connectivity index (χ2n) is 4.59. The molecule has 0 saturated carbocycles. The van der Waals surface area contributed by atoms with Gasteiger partial charge < -0.3 is 15.0 Å². The van der Waals surface area contributed by atoms with Gasteiger partial charge in [0.15, 0.2) is 5.69 Å². The lowest BCUT2D eigenvalue weighted by Crippen LogP contribution is -2.26. The quantitative estimate of drug-likeness (QED) is 0.808. The highest BCUT2D eigenvalue weighted by Gasteiger charge is 2.12. The van der Waals surface area contributed by atoms with Crippen molar-refractivity contribution in [1.29, 1.82) is 0 Å². The topological polar surface area (TPSA) is 67.3 Å². The van der Waals surface area contributed by atoms with Crippen molar-refractivity contribution in [1.82, 2.24) is 15.1 Å². The van der Waals surface area contributed by atoms with Gasteiger partial charge in [0.25, 0.3) is 5.91 Å². The van der Waals surface area contributed by atoms with Crippen LogP contribution in [0.4, 0.5) is 5.82 Å². The van der Waals surface area contributed by atoms with Crippen molar-refractivity contribution in [3.8, 4) is 0 Å². The molecule has 1 rings (SSSR count). The molecule has 106 valence electrons. The molecular formula is C13H22N4O2. The number of nitrogens with one attached hydrogen (secondary N) is 1. The summed E-state index contributed by atoms with van der Waals surface area (Å²) in [5.41, 5.74) is 0.342. The summed E-state index contributed by atoms with van der Waals surface area (Å²) in [6, 6.07) is 3.65. The third-order valence-corrected chi connectivity index (χ3v) is 2.65. The Morgan fingerprint density at radius 1 is 1.42 bits per heavy atom. The lowest BCUT2D eigenvalue weighted by atomic mass is 10.2. The predicted molar refractivity (Wildman–Crippen MR) is 74.2 cm³/mol. The van der Waals surface area contributed by atoms with Crippen molar-refractivity contribution in [2.45, 2.75) is 25.8 Å². The normalized spacial score (nSPS) is 12.0. The number of hydrogen-bond acceptors (Lipinski definition) is 5. The van der Waals surface area contributed by atoms with Crippen LogP contribution in [0.15, 0.2) is 12.1 Å². The summed E-state index contributed by atoms with van der Waals surface area (Å²) >= 11 is 0. The fourth-order valence-electron chi connectivity index (χ4n) is 1.71. The summed E-state index contributed by atoms with van der Waals surface area (Å²) in [5, 5.41) is 11.2. The summed E-state index contributed by atoms with van der Waals surface area (Å²) in [6.07, 6.45) is 2.06. The number of rotatable bonds is 7. The number of anilines is 1. The van der Waals surface area contributed by atoms with Gasteiger partial charge in [0, 0.05) is 21.2 Å². The van der Waals surface area contributed by atoms with Crippen LogP contribution in [-0.4, -0.2) is 54.9 Å². The summed E-state index contributed by atoms with van der Waals surface area (Å²) < 4.78 is 5.15. The van der Waals surface area contributed by atoms with Gasteiger partial charge in [-0.25, -0.2) is 0 Å². The van der Waals surface area contributed by atoms with E-state index in [2.05, 4.69) is 22.4 Å². The van der Waals surface area contributed by atoms with E-state index in [1.165, 1.54) is 4.90 Å². The molecule has 1 amide bonds. The van der Waals surface area contributed by atoms with Crippen molar-refractivity contribution >= 4 is 11.7 Å². The van der Waals surface area contributed by atoms with Gasteiger partial charge in [-0.2, -0.15) is 0 Å². The Hall–Kier alpha value is -1.69. The van der Waals surface area contributed by atoms with Crippen molar-refractivity contribution in [2.75, 3.05) is 33.1 Å². The van der Waals surface area contributed by atoms with Crippen LogP contribution in [0, 0.1) is 0 Å². The van der Waals surface area contributed by atoms with Gasteiger partial charge in [-0.1, -0.05) is 13.3 Å². The van der Waals surface area contributed by atoms with E-state index in [9.17, 15) is 4.79 Å². The molecule has 0 saturated heterocycles. The molecule has 19 heavy (non-hydrogen) atoms. The number of carbonyl (C=O) groups excluding carboxylic acids is 1. The molecule has 0 aliphatic carbocycles. The van der Waals surface area contributed by atoms with Gasteiger partial charge in [0.05, 0.1) is 12.6 Å². The standard InChI is InChI=1S/C13H22N4O2/c1-5-6-10(9-19-4)14-12-8-7-11(15-16-12)13(18)17(2)3/h7-8,10H,5-6,9H2,1-4H3,(H,14,16). The van der Waals surface area contributed by atoms with Gasteiger partial charge in [-0.05, 0) is 18.6 Å². The number of amides is 1.